The van der Waals surface area contributed by atoms with Crippen molar-refractivity contribution in [2.45, 2.75) is 27.3 Å². The molecule has 0 unspecified atom stereocenters. The van der Waals surface area contributed by atoms with E-state index < -0.39 is 0 Å². The van der Waals surface area contributed by atoms with E-state index in [1.807, 2.05) is 13.3 Å². The Morgan fingerprint density at radius 1 is 1.25 bits per heavy atom. The molecular formula is C13H17N3. The molecule has 0 aliphatic carbocycles. The maximum Gasteiger partial charge on any atom is 0.0997 e. The van der Waals surface area contributed by atoms with Crippen molar-refractivity contribution in [3.8, 4) is 5.69 Å². The van der Waals surface area contributed by atoms with Crippen molar-refractivity contribution in [3.05, 3.63) is 47.0 Å². The number of rotatable bonds is 2. The summed E-state index contributed by atoms with van der Waals surface area (Å²) < 4.78 is 2.11. The van der Waals surface area contributed by atoms with Gasteiger partial charge in [0.1, 0.15) is 0 Å². The molecule has 84 valence electrons. The summed E-state index contributed by atoms with van der Waals surface area (Å²) in [5.74, 6) is 0. The zero-order valence-corrected chi connectivity index (χ0v) is 9.99. The summed E-state index contributed by atoms with van der Waals surface area (Å²) in [6.45, 7) is 6.77. The van der Waals surface area contributed by atoms with Crippen molar-refractivity contribution in [3.63, 3.8) is 0 Å². The van der Waals surface area contributed by atoms with Crippen molar-refractivity contribution in [1.82, 2.24) is 9.55 Å². The lowest BCUT2D eigenvalue weighted by atomic mass is 10.1. The summed E-state index contributed by atoms with van der Waals surface area (Å²) in [5, 5.41) is 0. The van der Waals surface area contributed by atoms with Crippen LogP contribution in [0.5, 0.6) is 0 Å². The molecule has 1 aromatic carbocycles. The molecule has 0 atom stereocenters. The molecule has 3 heteroatoms. The van der Waals surface area contributed by atoms with Crippen LogP contribution in [0.2, 0.25) is 0 Å². The van der Waals surface area contributed by atoms with E-state index in [0.29, 0.717) is 6.54 Å². The molecule has 0 fully saturated rings. The summed E-state index contributed by atoms with van der Waals surface area (Å²) in [6, 6.07) is 6.30. The van der Waals surface area contributed by atoms with Gasteiger partial charge in [0.2, 0.25) is 0 Å². The van der Waals surface area contributed by atoms with Gasteiger partial charge in [-0.05, 0) is 38.0 Å². The molecule has 3 nitrogen and oxygen atoms in total. The van der Waals surface area contributed by atoms with E-state index in [-0.39, 0.29) is 0 Å². The highest BCUT2D eigenvalue weighted by Crippen LogP contribution is 2.19. The predicted molar refractivity (Wildman–Crippen MR) is 65.7 cm³/mol. The largest absolute Gasteiger partial charge is 0.326 e. The van der Waals surface area contributed by atoms with E-state index >= 15 is 0 Å². The highest BCUT2D eigenvalue weighted by molar-refractivity contribution is 5.45. The number of aryl methyl sites for hydroxylation is 2. The van der Waals surface area contributed by atoms with Crippen LogP contribution in [0.4, 0.5) is 0 Å². The van der Waals surface area contributed by atoms with Crippen LogP contribution in [0, 0.1) is 20.8 Å². The van der Waals surface area contributed by atoms with E-state index in [0.717, 1.165) is 11.3 Å². The van der Waals surface area contributed by atoms with E-state index in [2.05, 4.69) is 41.6 Å². The molecule has 16 heavy (non-hydrogen) atoms. The third-order valence-electron chi connectivity index (χ3n) is 3.02. The summed E-state index contributed by atoms with van der Waals surface area (Å²) in [5.41, 5.74) is 11.5. The second-order valence-electron chi connectivity index (χ2n) is 4.11. The van der Waals surface area contributed by atoms with Gasteiger partial charge in [0.25, 0.3) is 0 Å². The van der Waals surface area contributed by atoms with Gasteiger partial charge in [-0.25, -0.2) is 4.98 Å². The Bertz CT molecular complexity index is 512. The minimum absolute atomic E-state index is 0.569. The van der Waals surface area contributed by atoms with Crippen LogP contribution in [-0.2, 0) is 6.54 Å². The minimum atomic E-state index is 0.569. The Labute approximate surface area is 95.9 Å². The first-order valence-electron chi connectivity index (χ1n) is 5.44. The minimum Gasteiger partial charge on any atom is -0.326 e. The fourth-order valence-electron chi connectivity index (χ4n) is 1.78. The Morgan fingerprint density at radius 3 is 2.56 bits per heavy atom. The van der Waals surface area contributed by atoms with Gasteiger partial charge in [0, 0.05) is 17.9 Å². The number of nitrogens with zero attached hydrogens (tertiary/aromatic N) is 2. The zero-order chi connectivity index (χ0) is 11.7. The van der Waals surface area contributed by atoms with E-state index in [1.54, 1.807) is 0 Å². The standard InChI is InChI=1S/C13H17N3/c1-9-4-5-12(7-14)6-13(9)16-8-15-10(2)11(16)3/h4-6,8H,7,14H2,1-3H3. The molecule has 0 spiro atoms. The summed E-state index contributed by atoms with van der Waals surface area (Å²) in [6.07, 6.45) is 1.87. The van der Waals surface area contributed by atoms with Crippen LogP contribution >= 0.6 is 0 Å². The number of hydrogen-bond donors (Lipinski definition) is 1. The topological polar surface area (TPSA) is 43.8 Å². The van der Waals surface area contributed by atoms with Crippen LogP contribution < -0.4 is 5.73 Å². The molecule has 2 N–H and O–H groups in total. The molecule has 1 heterocycles. The third kappa shape index (κ3) is 1.74. The smallest absolute Gasteiger partial charge is 0.0997 e. The summed E-state index contributed by atoms with van der Waals surface area (Å²) >= 11 is 0. The first-order chi connectivity index (χ1) is 7.63. The third-order valence-corrected chi connectivity index (χ3v) is 3.02. The monoisotopic (exact) mass is 215 g/mol. The van der Waals surface area contributed by atoms with Crippen molar-refractivity contribution in [1.29, 1.82) is 0 Å². The molecule has 0 saturated heterocycles. The molecule has 0 saturated carbocycles. The molecule has 2 rings (SSSR count). The number of benzene rings is 1. The lowest BCUT2D eigenvalue weighted by Gasteiger charge is -2.10. The lowest BCUT2D eigenvalue weighted by molar-refractivity contribution is 0.973. The fourth-order valence-corrected chi connectivity index (χ4v) is 1.78. The van der Waals surface area contributed by atoms with Crippen LogP contribution in [0.25, 0.3) is 5.69 Å². The predicted octanol–water partition coefficient (Wildman–Crippen LogP) is 2.26. The Kier molecular flexibility index (Phi) is 2.79. The second-order valence-corrected chi connectivity index (χ2v) is 4.11. The highest BCUT2D eigenvalue weighted by Gasteiger charge is 2.07. The van der Waals surface area contributed by atoms with Gasteiger partial charge in [0.15, 0.2) is 0 Å². The first-order valence-corrected chi connectivity index (χ1v) is 5.44. The lowest BCUT2D eigenvalue weighted by Crippen LogP contribution is -2.02. The van der Waals surface area contributed by atoms with Gasteiger partial charge < -0.3 is 10.3 Å². The maximum atomic E-state index is 5.67. The summed E-state index contributed by atoms with van der Waals surface area (Å²) in [7, 11) is 0. The second kappa shape index (κ2) is 4.10. The zero-order valence-electron chi connectivity index (χ0n) is 9.99. The van der Waals surface area contributed by atoms with E-state index in [1.165, 1.54) is 16.9 Å². The van der Waals surface area contributed by atoms with Crippen molar-refractivity contribution in [2.75, 3.05) is 0 Å². The highest BCUT2D eigenvalue weighted by atomic mass is 15.1. The van der Waals surface area contributed by atoms with E-state index in [4.69, 9.17) is 5.73 Å². The molecule has 0 aliphatic heterocycles. The molecule has 1 aromatic heterocycles. The summed E-state index contributed by atoms with van der Waals surface area (Å²) in [4.78, 5) is 4.32. The number of aromatic nitrogens is 2. The Hall–Kier alpha value is -1.61. The molecule has 2 aromatic rings. The van der Waals surface area contributed by atoms with Gasteiger partial charge in [-0.3, -0.25) is 0 Å². The SMILES string of the molecule is Cc1ccc(CN)cc1-n1cnc(C)c1C. The van der Waals surface area contributed by atoms with Crippen LogP contribution in [-0.4, -0.2) is 9.55 Å². The van der Waals surface area contributed by atoms with Gasteiger partial charge in [0.05, 0.1) is 12.0 Å². The van der Waals surface area contributed by atoms with Crippen LogP contribution in [0.1, 0.15) is 22.5 Å². The Morgan fingerprint density at radius 2 is 2.00 bits per heavy atom. The van der Waals surface area contributed by atoms with Crippen LogP contribution in [0.15, 0.2) is 24.5 Å². The van der Waals surface area contributed by atoms with Crippen molar-refractivity contribution in [2.24, 2.45) is 5.73 Å². The number of hydrogen-bond acceptors (Lipinski definition) is 2. The van der Waals surface area contributed by atoms with Gasteiger partial charge in [-0.2, -0.15) is 0 Å². The van der Waals surface area contributed by atoms with Crippen molar-refractivity contribution >= 4 is 0 Å². The van der Waals surface area contributed by atoms with Gasteiger partial charge in [-0.1, -0.05) is 12.1 Å². The quantitative estimate of drug-likeness (QED) is 0.835. The average molecular weight is 215 g/mol. The van der Waals surface area contributed by atoms with Gasteiger partial charge >= 0.3 is 0 Å². The fraction of sp³-hybridized carbons (Fsp3) is 0.308. The van der Waals surface area contributed by atoms with Crippen molar-refractivity contribution < 1.29 is 0 Å². The van der Waals surface area contributed by atoms with E-state index in [9.17, 15) is 0 Å². The molecular weight excluding hydrogens is 198 g/mol. The number of nitrogens with two attached hydrogens (primary N) is 1. The average Bonchev–Trinajstić information content (AvgIpc) is 2.61. The van der Waals surface area contributed by atoms with Gasteiger partial charge in [-0.15, -0.1) is 0 Å². The maximum absolute atomic E-state index is 5.67. The number of imidazole rings is 1. The van der Waals surface area contributed by atoms with Crippen LogP contribution in [0.3, 0.4) is 0 Å². The normalized spacial score (nSPS) is 10.8. The molecule has 0 amide bonds. The molecule has 0 aliphatic rings. The molecule has 0 radical (unpaired) electrons. The molecule has 0 bridgehead atoms. The Balaban J connectivity index is 2.59. The first kappa shape index (κ1) is 10.9.